The minimum atomic E-state index is -3.90. The molecule has 4 rings (SSSR count). The molecule has 1 heterocycles. The molecule has 0 bridgehead atoms. The molecule has 5 nitrogen and oxygen atoms in total. The number of hydrogen-bond acceptors (Lipinski definition) is 4. The Hall–Kier alpha value is -3.03. The van der Waals surface area contributed by atoms with Crippen LogP contribution in [0.25, 0.3) is 11.1 Å². The predicted molar refractivity (Wildman–Crippen MR) is 134 cm³/mol. The van der Waals surface area contributed by atoms with Crippen molar-refractivity contribution in [2.24, 2.45) is 0 Å². The highest BCUT2D eigenvalue weighted by atomic mass is 32.2. The number of nitrogens with zero attached hydrogens (tertiary/aromatic N) is 2. The number of carbonyl (C=O) groups excluding carboxylic acids is 1. The van der Waals surface area contributed by atoms with Crippen LogP contribution in [-0.4, -0.2) is 38.6 Å². The van der Waals surface area contributed by atoms with Gasteiger partial charge in [0.2, 0.25) is 10.0 Å². The summed E-state index contributed by atoms with van der Waals surface area (Å²) in [7, 11) is -2.30. The van der Waals surface area contributed by atoms with Gasteiger partial charge in [0, 0.05) is 36.4 Å². The summed E-state index contributed by atoms with van der Waals surface area (Å²) in [4.78, 5) is 14.2. The maximum Gasteiger partial charge on any atom is 0.245 e. The maximum atomic E-state index is 14.8. The van der Waals surface area contributed by atoms with Gasteiger partial charge < -0.3 is 4.90 Å². The molecule has 0 fully saturated rings. The first-order valence-corrected chi connectivity index (χ1v) is 12.9. The van der Waals surface area contributed by atoms with Crippen molar-refractivity contribution in [3.05, 3.63) is 77.6 Å². The lowest BCUT2D eigenvalue weighted by Crippen LogP contribution is -2.40. The second-order valence-corrected chi connectivity index (χ2v) is 10.7. The molecule has 34 heavy (non-hydrogen) atoms. The molecule has 0 saturated carbocycles. The fourth-order valence-corrected chi connectivity index (χ4v) is 6.09. The summed E-state index contributed by atoms with van der Waals surface area (Å²) < 4.78 is 43.9. The van der Waals surface area contributed by atoms with E-state index in [0.29, 0.717) is 24.9 Å². The highest BCUT2D eigenvalue weighted by Gasteiger charge is 2.37. The van der Waals surface area contributed by atoms with Crippen molar-refractivity contribution in [1.29, 1.82) is 0 Å². The predicted octanol–water partition coefficient (Wildman–Crippen LogP) is 5.94. The van der Waals surface area contributed by atoms with E-state index < -0.39 is 15.8 Å². The lowest BCUT2D eigenvalue weighted by molar-refractivity contribution is 0.112. The van der Waals surface area contributed by atoms with E-state index in [2.05, 4.69) is 6.92 Å². The third-order valence-electron chi connectivity index (χ3n) is 6.48. The molecule has 1 aliphatic rings. The Morgan fingerprint density at radius 1 is 1.06 bits per heavy atom. The molecule has 0 amide bonds. The topological polar surface area (TPSA) is 57.7 Å². The van der Waals surface area contributed by atoms with Crippen molar-refractivity contribution in [3.8, 4) is 11.1 Å². The van der Waals surface area contributed by atoms with Crippen LogP contribution in [-0.2, 0) is 10.0 Å². The van der Waals surface area contributed by atoms with Gasteiger partial charge in [-0.1, -0.05) is 49.6 Å². The number of aryl methyl sites for hydroxylation is 1. The lowest BCUT2D eigenvalue weighted by Gasteiger charge is -2.29. The van der Waals surface area contributed by atoms with Crippen LogP contribution < -0.4 is 4.90 Å². The number of carbonyl (C=O) groups is 1. The highest BCUT2D eigenvalue weighted by Crippen LogP contribution is 2.41. The van der Waals surface area contributed by atoms with Crippen LogP contribution >= 0.6 is 0 Å². The lowest BCUT2D eigenvalue weighted by atomic mass is 9.97. The molecule has 1 unspecified atom stereocenters. The van der Waals surface area contributed by atoms with E-state index in [0.717, 1.165) is 24.1 Å². The standard InChI is InChI=1S/C27H29FN2O3S/c1-4-5-9-22-17-30(21-10-7-6-8-11-21)26-15-20(18-31)23(16-27(26)34(32,33)29(22)3)24-14-19(2)12-13-25(24)28/h6-8,10-16,18,22H,4-5,9,17H2,1-3H3. The van der Waals surface area contributed by atoms with Crippen molar-refractivity contribution in [2.45, 2.75) is 44.0 Å². The number of likely N-dealkylation sites (N-methyl/N-ethyl adjacent to an activating group) is 1. The molecule has 0 radical (unpaired) electrons. The molecule has 0 aromatic heterocycles. The number of benzene rings is 3. The average molecular weight is 481 g/mol. The van der Waals surface area contributed by atoms with Gasteiger partial charge >= 0.3 is 0 Å². The third-order valence-corrected chi connectivity index (χ3v) is 8.42. The number of fused-ring (bicyclic) bond motifs is 1. The van der Waals surface area contributed by atoms with Crippen LogP contribution in [0.4, 0.5) is 15.8 Å². The molecular formula is C27H29FN2O3S. The monoisotopic (exact) mass is 480 g/mol. The van der Waals surface area contributed by atoms with Crippen molar-refractivity contribution in [2.75, 3.05) is 18.5 Å². The minimum absolute atomic E-state index is 0.0688. The SMILES string of the molecule is CCCCC1CN(c2ccccc2)c2cc(C=O)c(-c3cc(C)ccc3F)cc2S(=O)(=O)N1C. The molecular weight excluding hydrogens is 451 g/mol. The first-order chi connectivity index (χ1) is 16.3. The number of anilines is 2. The fourth-order valence-electron chi connectivity index (χ4n) is 4.52. The maximum absolute atomic E-state index is 14.8. The Morgan fingerprint density at radius 2 is 1.79 bits per heavy atom. The van der Waals surface area contributed by atoms with Gasteiger partial charge in [-0.3, -0.25) is 4.79 Å². The molecule has 3 aromatic carbocycles. The summed E-state index contributed by atoms with van der Waals surface area (Å²) in [5.41, 5.74) is 2.80. The molecule has 1 atom stereocenters. The Morgan fingerprint density at radius 3 is 2.47 bits per heavy atom. The van der Waals surface area contributed by atoms with Crippen LogP contribution in [0, 0.1) is 12.7 Å². The van der Waals surface area contributed by atoms with E-state index in [1.165, 1.54) is 16.4 Å². The summed E-state index contributed by atoms with van der Waals surface area (Å²) in [6.45, 7) is 4.35. The van der Waals surface area contributed by atoms with Gasteiger partial charge in [0.15, 0.2) is 6.29 Å². The molecule has 7 heteroatoms. The van der Waals surface area contributed by atoms with Gasteiger partial charge in [0.25, 0.3) is 0 Å². The Bertz CT molecular complexity index is 1310. The summed E-state index contributed by atoms with van der Waals surface area (Å²) in [5, 5.41) is 0. The Kier molecular flexibility index (Phi) is 6.86. The van der Waals surface area contributed by atoms with Gasteiger partial charge in [-0.15, -0.1) is 0 Å². The van der Waals surface area contributed by atoms with Crippen LogP contribution in [0.3, 0.4) is 0 Å². The van der Waals surface area contributed by atoms with Gasteiger partial charge in [0.05, 0.1) is 5.69 Å². The Balaban J connectivity index is 2.01. The molecule has 1 aliphatic heterocycles. The molecule has 0 spiro atoms. The number of aldehydes is 1. The average Bonchev–Trinajstić information content (AvgIpc) is 2.92. The smallest absolute Gasteiger partial charge is 0.245 e. The van der Waals surface area contributed by atoms with Crippen molar-refractivity contribution in [1.82, 2.24) is 4.31 Å². The zero-order chi connectivity index (χ0) is 24.5. The first kappa shape index (κ1) is 24.1. The number of hydrogen-bond donors (Lipinski definition) is 0. The molecule has 0 saturated heterocycles. The summed E-state index contributed by atoms with van der Waals surface area (Å²) in [6.07, 6.45) is 3.22. The minimum Gasteiger partial charge on any atom is -0.339 e. The van der Waals surface area contributed by atoms with E-state index in [1.54, 1.807) is 25.2 Å². The van der Waals surface area contributed by atoms with Crippen LogP contribution in [0.15, 0.2) is 65.6 Å². The van der Waals surface area contributed by atoms with Crippen LogP contribution in [0.1, 0.15) is 42.1 Å². The molecule has 0 N–H and O–H groups in total. The van der Waals surface area contributed by atoms with Crippen LogP contribution in [0.2, 0.25) is 0 Å². The van der Waals surface area contributed by atoms with Gasteiger partial charge in [-0.2, -0.15) is 4.31 Å². The normalized spacial score (nSPS) is 17.8. The first-order valence-electron chi connectivity index (χ1n) is 11.5. The van der Waals surface area contributed by atoms with E-state index in [1.807, 2.05) is 42.2 Å². The molecule has 178 valence electrons. The van der Waals surface area contributed by atoms with Crippen molar-refractivity contribution < 1.29 is 17.6 Å². The number of para-hydroxylation sites is 1. The van der Waals surface area contributed by atoms with E-state index in [4.69, 9.17) is 0 Å². The summed E-state index contributed by atoms with van der Waals surface area (Å²) in [6, 6.07) is 17.0. The Labute approximate surface area is 200 Å². The van der Waals surface area contributed by atoms with Gasteiger partial charge in [0.1, 0.15) is 10.7 Å². The molecule has 3 aromatic rings. The highest BCUT2D eigenvalue weighted by molar-refractivity contribution is 7.89. The fraction of sp³-hybridized carbons (Fsp3) is 0.296. The second-order valence-electron chi connectivity index (χ2n) is 8.77. The largest absolute Gasteiger partial charge is 0.339 e. The number of unbranched alkanes of at least 4 members (excludes halogenated alkanes) is 1. The molecule has 0 aliphatic carbocycles. The number of rotatable bonds is 6. The quantitative estimate of drug-likeness (QED) is 0.410. The number of sulfonamides is 1. The van der Waals surface area contributed by atoms with Crippen molar-refractivity contribution in [3.63, 3.8) is 0 Å². The third kappa shape index (κ3) is 4.38. The summed E-state index contributed by atoms with van der Waals surface area (Å²) >= 11 is 0. The van der Waals surface area contributed by atoms with Crippen molar-refractivity contribution >= 4 is 27.7 Å². The van der Waals surface area contributed by atoms with Gasteiger partial charge in [-0.05, 0) is 55.3 Å². The zero-order valence-corrected chi connectivity index (χ0v) is 20.5. The van der Waals surface area contributed by atoms with Gasteiger partial charge in [-0.25, -0.2) is 12.8 Å². The second kappa shape index (κ2) is 9.68. The zero-order valence-electron chi connectivity index (χ0n) is 19.7. The van der Waals surface area contributed by atoms with E-state index in [-0.39, 0.29) is 27.6 Å². The number of halogens is 1. The van der Waals surface area contributed by atoms with E-state index in [9.17, 15) is 17.6 Å². The van der Waals surface area contributed by atoms with Crippen LogP contribution in [0.5, 0.6) is 0 Å². The van der Waals surface area contributed by atoms with E-state index >= 15 is 0 Å². The summed E-state index contributed by atoms with van der Waals surface area (Å²) in [5.74, 6) is -0.506.